The normalized spacial score (nSPS) is 10.6. The molecule has 0 amide bonds. The second-order valence-electron chi connectivity index (χ2n) is 2.31. The lowest BCUT2D eigenvalue weighted by atomic mass is 10.1. The number of hydrogen-bond acceptors (Lipinski definition) is 2. The van der Waals surface area contributed by atoms with E-state index in [2.05, 4.69) is 19.0 Å². The van der Waals surface area contributed by atoms with Gasteiger partial charge in [-0.15, -0.1) is 0 Å². The molecule has 0 fully saturated rings. The van der Waals surface area contributed by atoms with Gasteiger partial charge in [0.05, 0.1) is 5.71 Å². The Labute approximate surface area is 70.6 Å². The fourth-order valence-electron chi connectivity index (χ4n) is 0.272. The summed E-state index contributed by atoms with van der Waals surface area (Å²) >= 11 is 0. The topological polar surface area (TPSA) is 21.6 Å². The maximum Gasteiger partial charge on any atom is 0.114 e. The van der Waals surface area contributed by atoms with Gasteiger partial charge in [-0.2, -0.15) is 0 Å². The van der Waals surface area contributed by atoms with Crippen LogP contribution in [0.3, 0.4) is 0 Å². The van der Waals surface area contributed by atoms with Crippen molar-refractivity contribution in [2.24, 2.45) is 11.1 Å². The first-order valence-corrected chi connectivity index (χ1v) is 4.35. The summed E-state index contributed by atoms with van der Waals surface area (Å²) < 4.78 is 0. The van der Waals surface area contributed by atoms with E-state index in [1.807, 2.05) is 27.7 Å². The van der Waals surface area contributed by atoms with Gasteiger partial charge in [-0.3, -0.25) is 0 Å². The molecule has 0 N–H and O–H groups in total. The van der Waals surface area contributed by atoms with E-state index in [1.165, 1.54) is 0 Å². The fraction of sp³-hybridized carbons (Fsp3) is 0.889. The van der Waals surface area contributed by atoms with Gasteiger partial charge in [0.2, 0.25) is 0 Å². The average Bonchev–Trinajstić information content (AvgIpc) is 2.03. The summed E-state index contributed by atoms with van der Waals surface area (Å²) in [7, 11) is 0. The molecule has 68 valence electrons. The van der Waals surface area contributed by atoms with E-state index in [0.717, 1.165) is 5.71 Å². The molecular weight excluding hydrogens is 138 g/mol. The summed E-state index contributed by atoms with van der Waals surface area (Å²) in [5, 5.41) is 3.86. The lowest BCUT2D eigenvalue weighted by Gasteiger charge is -2.01. The molecule has 2 heteroatoms. The summed E-state index contributed by atoms with van der Waals surface area (Å²) in [4.78, 5) is 4.84. The number of nitrogens with zero attached hydrogens (tertiary/aromatic N) is 1. The van der Waals surface area contributed by atoms with Crippen molar-refractivity contribution in [3.05, 3.63) is 0 Å². The van der Waals surface area contributed by atoms with Gasteiger partial charge in [-0.25, -0.2) is 0 Å². The monoisotopic (exact) mass is 159 g/mol. The predicted molar refractivity (Wildman–Crippen MR) is 50.9 cm³/mol. The highest BCUT2D eigenvalue weighted by Gasteiger charge is 1.96. The third-order valence-corrected chi connectivity index (χ3v) is 1.17. The van der Waals surface area contributed by atoms with E-state index < -0.39 is 0 Å². The van der Waals surface area contributed by atoms with E-state index in [4.69, 9.17) is 4.84 Å². The molecule has 11 heavy (non-hydrogen) atoms. The van der Waals surface area contributed by atoms with Crippen LogP contribution in [0.25, 0.3) is 0 Å². The second kappa shape index (κ2) is 9.47. The predicted octanol–water partition coefficient (Wildman–Crippen LogP) is 3.08. The Bertz CT molecular complexity index is 97.7. The number of oxime groups is 1. The van der Waals surface area contributed by atoms with Crippen LogP contribution in [0.15, 0.2) is 5.16 Å². The molecule has 0 aliphatic carbocycles. The quantitative estimate of drug-likeness (QED) is 0.458. The third kappa shape index (κ3) is 9.47. The molecular formula is C9H21NO. The maximum atomic E-state index is 4.84. The molecule has 0 bridgehead atoms. The highest BCUT2D eigenvalue weighted by molar-refractivity contribution is 5.83. The van der Waals surface area contributed by atoms with Gasteiger partial charge in [0.25, 0.3) is 0 Å². The van der Waals surface area contributed by atoms with Crippen LogP contribution in [0.5, 0.6) is 0 Å². The van der Waals surface area contributed by atoms with Crippen LogP contribution < -0.4 is 0 Å². The molecule has 0 rings (SSSR count). The van der Waals surface area contributed by atoms with Crippen LogP contribution in [0.2, 0.25) is 0 Å². The smallest absolute Gasteiger partial charge is 0.114 e. The molecule has 0 radical (unpaired) electrons. The van der Waals surface area contributed by atoms with Crippen LogP contribution >= 0.6 is 0 Å². The first kappa shape index (κ1) is 13.1. The van der Waals surface area contributed by atoms with Crippen molar-refractivity contribution in [2.45, 2.75) is 41.5 Å². The first-order valence-electron chi connectivity index (χ1n) is 4.35. The van der Waals surface area contributed by atoms with Crippen molar-refractivity contribution in [3.8, 4) is 0 Å². The van der Waals surface area contributed by atoms with Gasteiger partial charge in [0.1, 0.15) is 6.61 Å². The zero-order valence-electron chi connectivity index (χ0n) is 8.64. The Morgan fingerprint density at radius 2 is 1.82 bits per heavy atom. The first-order chi connectivity index (χ1) is 5.18. The lowest BCUT2D eigenvalue weighted by Crippen LogP contribution is -2.02. The van der Waals surface area contributed by atoms with Gasteiger partial charge in [-0.1, -0.05) is 32.9 Å². The Kier molecular flexibility index (Phi) is 11.3. The van der Waals surface area contributed by atoms with Gasteiger partial charge >= 0.3 is 0 Å². The van der Waals surface area contributed by atoms with E-state index in [1.54, 1.807) is 0 Å². The van der Waals surface area contributed by atoms with Crippen molar-refractivity contribution >= 4 is 5.71 Å². The zero-order valence-corrected chi connectivity index (χ0v) is 8.64. The zero-order chi connectivity index (χ0) is 9.28. The standard InChI is InChI=1S/C7H15NO.C2H6/c1-5-9-8-7(4)6(2)3;1-2/h6H,5H2,1-4H3;1-2H3/b8-7+;. The van der Waals surface area contributed by atoms with E-state index in [9.17, 15) is 0 Å². The molecule has 0 spiro atoms. The highest BCUT2D eigenvalue weighted by Crippen LogP contribution is 1.95. The van der Waals surface area contributed by atoms with Crippen LogP contribution in [0, 0.1) is 5.92 Å². The van der Waals surface area contributed by atoms with E-state index in [0.29, 0.717) is 12.5 Å². The summed E-state index contributed by atoms with van der Waals surface area (Å²) in [5.74, 6) is 0.497. The molecule has 0 aliphatic heterocycles. The van der Waals surface area contributed by atoms with Crippen LogP contribution in [0.1, 0.15) is 41.5 Å². The molecule has 2 nitrogen and oxygen atoms in total. The highest BCUT2D eigenvalue weighted by atomic mass is 16.6. The van der Waals surface area contributed by atoms with Gasteiger partial charge < -0.3 is 4.84 Å². The second-order valence-corrected chi connectivity index (χ2v) is 2.31. The Hall–Kier alpha value is -0.530. The minimum Gasteiger partial charge on any atom is -0.396 e. The van der Waals surface area contributed by atoms with Gasteiger partial charge in [0, 0.05) is 0 Å². The minimum absolute atomic E-state index is 0.497. The average molecular weight is 159 g/mol. The third-order valence-electron chi connectivity index (χ3n) is 1.17. The van der Waals surface area contributed by atoms with E-state index in [-0.39, 0.29) is 0 Å². The van der Waals surface area contributed by atoms with Crippen molar-refractivity contribution in [3.63, 3.8) is 0 Å². The number of hydrogen-bond donors (Lipinski definition) is 0. The van der Waals surface area contributed by atoms with E-state index >= 15 is 0 Å². The molecule has 0 saturated carbocycles. The Morgan fingerprint density at radius 1 is 1.36 bits per heavy atom. The van der Waals surface area contributed by atoms with Crippen LogP contribution in [0.4, 0.5) is 0 Å². The molecule has 0 aromatic heterocycles. The molecule has 0 unspecified atom stereocenters. The fourth-order valence-corrected chi connectivity index (χ4v) is 0.272. The van der Waals surface area contributed by atoms with Crippen molar-refractivity contribution in [1.29, 1.82) is 0 Å². The number of rotatable bonds is 3. The maximum absolute atomic E-state index is 4.84. The summed E-state index contributed by atoms with van der Waals surface area (Å²) in [5.41, 5.74) is 1.05. The summed E-state index contributed by atoms with van der Waals surface area (Å²) in [6.45, 7) is 12.7. The largest absolute Gasteiger partial charge is 0.396 e. The van der Waals surface area contributed by atoms with Crippen LogP contribution in [-0.4, -0.2) is 12.3 Å². The van der Waals surface area contributed by atoms with Crippen molar-refractivity contribution in [1.82, 2.24) is 0 Å². The van der Waals surface area contributed by atoms with Crippen molar-refractivity contribution in [2.75, 3.05) is 6.61 Å². The molecule has 0 aromatic rings. The molecule has 0 aliphatic rings. The molecule has 0 saturated heterocycles. The van der Waals surface area contributed by atoms with Crippen LogP contribution in [-0.2, 0) is 4.84 Å². The summed E-state index contributed by atoms with van der Waals surface area (Å²) in [6.07, 6.45) is 0. The Morgan fingerprint density at radius 3 is 2.09 bits per heavy atom. The Balaban J connectivity index is 0. The molecule has 0 aromatic carbocycles. The minimum atomic E-state index is 0.497. The molecule has 0 atom stereocenters. The SMILES string of the molecule is CC.CCO/N=C(\C)C(C)C. The molecule has 0 heterocycles. The van der Waals surface area contributed by atoms with Gasteiger partial charge in [0.15, 0.2) is 0 Å². The summed E-state index contributed by atoms with van der Waals surface area (Å²) in [6, 6.07) is 0. The van der Waals surface area contributed by atoms with Crippen molar-refractivity contribution < 1.29 is 4.84 Å². The van der Waals surface area contributed by atoms with Gasteiger partial charge in [-0.05, 0) is 19.8 Å². The lowest BCUT2D eigenvalue weighted by molar-refractivity contribution is 0.157.